The summed E-state index contributed by atoms with van der Waals surface area (Å²) in [5.74, 6) is -0.617. The molecule has 4 nitrogen and oxygen atoms in total. The maximum absolute atomic E-state index is 13.0. The minimum absolute atomic E-state index is 0.0691. The second-order valence-corrected chi connectivity index (χ2v) is 3.61. The SMILES string of the molecule is CC1Oc2nc(Br)c(F)cc2NC1=O. The summed E-state index contributed by atoms with van der Waals surface area (Å²) >= 11 is 2.93. The third-order valence-corrected chi connectivity index (χ3v) is 2.37. The van der Waals surface area contributed by atoms with E-state index < -0.39 is 11.9 Å². The first-order chi connectivity index (χ1) is 6.58. The number of rotatable bonds is 0. The van der Waals surface area contributed by atoms with Gasteiger partial charge in [-0.3, -0.25) is 4.79 Å². The van der Waals surface area contributed by atoms with E-state index in [1.165, 1.54) is 0 Å². The van der Waals surface area contributed by atoms with Crippen LogP contribution in [0.1, 0.15) is 6.92 Å². The van der Waals surface area contributed by atoms with E-state index in [0.29, 0.717) is 0 Å². The Morgan fingerprint density at radius 1 is 1.71 bits per heavy atom. The Bertz CT molecular complexity index is 411. The van der Waals surface area contributed by atoms with Crippen LogP contribution >= 0.6 is 15.9 Å². The van der Waals surface area contributed by atoms with Crippen molar-refractivity contribution in [1.29, 1.82) is 0 Å². The van der Waals surface area contributed by atoms with Gasteiger partial charge in [-0.25, -0.2) is 9.37 Å². The Hall–Kier alpha value is -1.17. The third kappa shape index (κ3) is 1.45. The zero-order valence-corrected chi connectivity index (χ0v) is 8.76. The first kappa shape index (κ1) is 9.39. The van der Waals surface area contributed by atoms with Crippen molar-refractivity contribution in [2.45, 2.75) is 13.0 Å². The van der Waals surface area contributed by atoms with Crippen molar-refractivity contribution in [2.24, 2.45) is 0 Å². The molecule has 0 fully saturated rings. The van der Waals surface area contributed by atoms with E-state index in [1.807, 2.05) is 0 Å². The molecule has 14 heavy (non-hydrogen) atoms. The van der Waals surface area contributed by atoms with Crippen molar-refractivity contribution >= 4 is 27.5 Å². The van der Waals surface area contributed by atoms with Gasteiger partial charge in [0.15, 0.2) is 11.9 Å². The lowest BCUT2D eigenvalue weighted by Crippen LogP contribution is -2.34. The number of halogens is 2. The van der Waals surface area contributed by atoms with Crippen molar-refractivity contribution in [3.05, 3.63) is 16.5 Å². The standard InChI is InChI=1S/C8H6BrFN2O2/c1-3-7(13)11-5-2-4(10)6(9)12-8(5)14-3/h2-3H,1H3,(H,11,13). The molecule has 1 atom stereocenters. The number of nitrogens with one attached hydrogen (secondary N) is 1. The molecule has 2 heterocycles. The minimum atomic E-state index is -0.604. The first-order valence-corrected chi connectivity index (χ1v) is 4.71. The van der Waals surface area contributed by atoms with Gasteiger partial charge >= 0.3 is 0 Å². The fourth-order valence-electron chi connectivity index (χ4n) is 1.09. The Morgan fingerprint density at radius 2 is 2.43 bits per heavy atom. The Labute approximate surface area is 87.6 Å². The fourth-order valence-corrected chi connectivity index (χ4v) is 1.36. The second-order valence-electron chi connectivity index (χ2n) is 2.86. The minimum Gasteiger partial charge on any atom is -0.463 e. The number of hydrogen-bond acceptors (Lipinski definition) is 3. The number of carbonyl (C=O) groups excluding carboxylic acids is 1. The molecule has 1 aliphatic heterocycles. The molecule has 0 aromatic carbocycles. The van der Waals surface area contributed by atoms with Crippen LogP contribution < -0.4 is 10.1 Å². The molecular weight excluding hydrogens is 255 g/mol. The lowest BCUT2D eigenvalue weighted by Gasteiger charge is -2.22. The van der Waals surface area contributed by atoms with Gasteiger partial charge in [-0.15, -0.1) is 0 Å². The molecular formula is C8H6BrFN2O2. The topological polar surface area (TPSA) is 51.2 Å². The van der Waals surface area contributed by atoms with Crippen LogP contribution in [0.15, 0.2) is 10.7 Å². The van der Waals surface area contributed by atoms with Crippen LogP contribution in [0.5, 0.6) is 5.88 Å². The molecule has 0 radical (unpaired) electrons. The van der Waals surface area contributed by atoms with Crippen molar-refractivity contribution in [3.63, 3.8) is 0 Å². The molecule has 6 heteroatoms. The van der Waals surface area contributed by atoms with E-state index in [2.05, 4.69) is 26.2 Å². The number of aromatic nitrogens is 1. The number of hydrogen-bond donors (Lipinski definition) is 1. The van der Waals surface area contributed by atoms with Gasteiger partial charge in [0.05, 0.1) is 0 Å². The van der Waals surface area contributed by atoms with Crippen LogP contribution in [0.3, 0.4) is 0 Å². The summed E-state index contributed by atoms with van der Waals surface area (Å²) in [7, 11) is 0. The van der Waals surface area contributed by atoms with Crippen LogP contribution in [0.4, 0.5) is 10.1 Å². The van der Waals surface area contributed by atoms with Gasteiger partial charge in [-0.1, -0.05) is 0 Å². The summed E-state index contributed by atoms with van der Waals surface area (Å²) in [6.45, 7) is 1.59. The maximum Gasteiger partial charge on any atom is 0.265 e. The number of pyridine rings is 1. The normalized spacial score (nSPS) is 19.6. The average molecular weight is 261 g/mol. The first-order valence-electron chi connectivity index (χ1n) is 3.91. The van der Waals surface area contributed by atoms with Gasteiger partial charge in [0.1, 0.15) is 10.3 Å². The van der Waals surface area contributed by atoms with Crippen LogP contribution in [-0.4, -0.2) is 17.0 Å². The summed E-state index contributed by atoms with van der Waals surface area (Å²) < 4.78 is 18.2. The predicted molar refractivity (Wildman–Crippen MR) is 50.6 cm³/mol. The summed E-state index contributed by atoms with van der Waals surface area (Å²) in [5.41, 5.74) is 0.258. The highest BCUT2D eigenvalue weighted by atomic mass is 79.9. The summed E-state index contributed by atoms with van der Waals surface area (Å²) in [6.07, 6.45) is -0.604. The molecule has 1 aromatic heterocycles. The monoisotopic (exact) mass is 260 g/mol. The zero-order chi connectivity index (χ0) is 10.3. The molecule has 1 aliphatic rings. The number of ether oxygens (including phenoxy) is 1. The highest BCUT2D eigenvalue weighted by Gasteiger charge is 2.25. The second kappa shape index (κ2) is 3.20. The van der Waals surface area contributed by atoms with E-state index in [1.54, 1.807) is 6.92 Å². The Morgan fingerprint density at radius 3 is 3.14 bits per heavy atom. The molecule has 0 saturated heterocycles. The third-order valence-electron chi connectivity index (χ3n) is 1.81. The Kier molecular flexibility index (Phi) is 2.14. The van der Waals surface area contributed by atoms with E-state index >= 15 is 0 Å². The average Bonchev–Trinajstić information content (AvgIpc) is 2.11. The van der Waals surface area contributed by atoms with Crippen molar-refractivity contribution < 1.29 is 13.9 Å². The van der Waals surface area contributed by atoms with Gasteiger partial charge in [0, 0.05) is 6.07 Å². The largest absolute Gasteiger partial charge is 0.463 e. The highest BCUT2D eigenvalue weighted by molar-refractivity contribution is 9.10. The van der Waals surface area contributed by atoms with Crippen molar-refractivity contribution in [3.8, 4) is 5.88 Å². The molecule has 1 aromatic rings. The summed E-state index contributed by atoms with van der Waals surface area (Å²) in [4.78, 5) is 15.0. The van der Waals surface area contributed by atoms with Crippen LogP contribution in [0.25, 0.3) is 0 Å². The van der Waals surface area contributed by atoms with Gasteiger partial charge in [-0.05, 0) is 22.9 Å². The lowest BCUT2D eigenvalue weighted by molar-refractivity contribution is -0.122. The molecule has 0 aliphatic carbocycles. The van der Waals surface area contributed by atoms with Crippen molar-refractivity contribution in [2.75, 3.05) is 5.32 Å². The van der Waals surface area contributed by atoms with Gasteiger partial charge in [0.2, 0.25) is 5.88 Å². The number of fused-ring (bicyclic) bond motifs is 1. The molecule has 1 amide bonds. The van der Waals surface area contributed by atoms with E-state index in [-0.39, 0.29) is 22.1 Å². The van der Waals surface area contributed by atoms with Gasteiger partial charge < -0.3 is 10.1 Å². The fraction of sp³-hybridized carbons (Fsp3) is 0.250. The van der Waals surface area contributed by atoms with Crippen LogP contribution in [-0.2, 0) is 4.79 Å². The molecule has 2 rings (SSSR count). The molecule has 1 unspecified atom stereocenters. The zero-order valence-electron chi connectivity index (χ0n) is 7.17. The van der Waals surface area contributed by atoms with Gasteiger partial charge in [0.25, 0.3) is 5.91 Å². The van der Waals surface area contributed by atoms with E-state index in [0.717, 1.165) is 6.07 Å². The highest BCUT2D eigenvalue weighted by Crippen LogP contribution is 2.30. The molecule has 0 bridgehead atoms. The predicted octanol–water partition coefficient (Wildman–Crippen LogP) is 1.70. The molecule has 1 N–H and O–H groups in total. The quantitative estimate of drug-likeness (QED) is 0.723. The summed E-state index contributed by atoms with van der Waals surface area (Å²) in [5, 5.41) is 2.49. The number of amides is 1. The lowest BCUT2D eigenvalue weighted by atomic mass is 10.3. The van der Waals surface area contributed by atoms with Crippen LogP contribution in [0.2, 0.25) is 0 Å². The molecule has 0 saturated carbocycles. The van der Waals surface area contributed by atoms with Crippen LogP contribution in [0, 0.1) is 5.82 Å². The number of nitrogens with zero attached hydrogens (tertiary/aromatic N) is 1. The van der Waals surface area contributed by atoms with Crippen molar-refractivity contribution in [1.82, 2.24) is 4.98 Å². The molecule has 74 valence electrons. The van der Waals surface area contributed by atoms with E-state index in [9.17, 15) is 9.18 Å². The summed E-state index contributed by atoms with van der Waals surface area (Å²) in [6, 6.07) is 1.16. The maximum atomic E-state index is 13.0. The number of anilines is 1. The number of carbonyl (C=O) groups is 1. The molecule has 0 spiro atoms. The smallest absolute Gasteiger partial charge is 0.265 e. The van der Waals surface area contributed by atoms with E-state index in [4.69, 9.17) is 4.74 Å². The Balaban J connectivity index is 2.47. The van der Waals surface area contributed by atoms with Gasteiger partial charge in [-0.2, -0.15) is 0 Å².